The van der Waals surface area contributed by atoms with E-state index in [0.29, 0.717) is 11.1 Å². The molecule has 0 heterocycles. The summed E-state index contributed by atoms with van der Waals surface area (Å²) < 4.78 is 5.05. The third kappa shape index (κ3) is 2.34. The smallest absolute Gasteiger partial charge is 0.341 e. The lowest BCUT2D eigenvalue weighted by atomic mass is 9.80. The number of hydrogen-bond donors (Lipinski definition) is 2. The van der Waals surface area contributed by atoms with Gasteiger partial charge in [-0.1, -0.05) is 48.5 Å². The molecular weight excluding hydrogens is 292 g/mol. The number of ether oxygens (including phenoxy) is 1. The zero-order chi connectivity index (χ0) is 16.4. The Morgan fingerprint density at radius 2 is 1.48 bits per heavy atom. The van der Waals surface area contributed by atoms with Crippen LogP contribution in [-0.2, 0) is 27.9 Å². The van der Waals surface area contributed by atoms with E-state index in [2.05, 4.69) is 5.32 Å². The number of esters is 1. The molecule has 1 aliphatic carbocycles. The Kier molecular flexibility index (Phi) is 3.78. The Morgan fingerprint density at radius 1 is 1.00 bits per heavy atom. The molecule has 0 bridgehead atoms. The number of fused-ring (bicyclic) bond motifs is 2. The van der Waals surface area contributed by atoms with Gasteiger partial charge >= 0.3 is 12.0 Å². The molecule has 118 valence electrons. The molecule has 0 saturated carbocycles. The third-order valence-electron chi connectivity index (χ3n) is 4.31. The molecule has 2 amide bonds. The first-order valence-corrected chi connectivity index (χ1v) is 7.42. The van der Waals surface area contributed by atoms with Gasteiger partial charge in [0.2, 0.25) is 0 Å². The van der Waals surface area contributed by atoms with E-state index in [4.69, 9.17) is 10.5 Å². The summed E-state index contributed by atoms with van der Waals surface area (Å²) in [6.07, 6.45) is 1.54. The second kappa shape index (κ2) is 5.76. The SMILES string of the molecule is COC(=O)C1(NC(N)=O)c2ccccc2CCc2ccccc21. The zero-order valence-corrected chi connectivity index (χ0v) is 12.8. The number of aryl methyl sites for hydroxylation is 2. The zero-order valence-electron chi connectivity index (χ0n) is 12.8. The topological polar surface area (TPSA) is 81.4 Å². The number of methoxy groups -OCH3 is 1. The minimum Gasteiger partial charge on any atom is -0.467 e. The summed E-state index contributed by atoms with van der Waals surface area (Å²) in [6.45, 7) is 0. The van der Waals surface area contributed by atoms with Gasteiger partial charge in [0.1, 0.15) is 0 Å². The van der Waals surface area contributed by atoms with Crippen molar-refractivity contribution < 1.29 is 14.3 Å². The van der Waals surface area contributed by atoms with Crippen LogP contribution in [0, 0.1) is 0 Å². The number of primary amides is 1. The molecule has 3 N–H and O–H groups in total. The number of rotatable bonds is 2. The van der Waals surface area contributed by atoms with Gasteiger partial charge in [-0.2, -0.15) is 0 Å². The van der Waals surface area contributed by atoms with Crippen molar-refractivity contribution >= 4 is 12.0 Å². The van der Waals surface area contributed by atoms with Gasteiger partial charge in [0.15, 0.2) is 5.54 Å². The summed E-state index contributed by atoms with van der Waals surface area (Å²) in [5, 5.41) is 2.66. The Balaban J connectivity index is 2.38. The molecule has 2 aromatic carbocycles. The Morgan fingerprint density at radius 3 is 1.91 bits per heavy atom. The van der Waals surface area contributed by atoms with Gasteiger partial charge in [-0.05, 0) is 35.1 Å². The predicted molar refractivity (Wildman–Crippen MR) is 85.8 cm³/mol. The average Bonchev–Trinajstić information content (AvgIpc) is 2.70. The summed E-state index contributed by atoms with van der Waals surface area (Å²) in [5.41, 5.74) is 7.37. The summed E-state index contributed by atoms with van der Waals surface area (Å²) in [5.74, 6) is -0.557. The van der Waals surface area contributed by atoms with Crippen LogP contribution in [-0.4, -0.2) is 19.1 Å². The third-order valence-corrected chi connectivity index (χ3v) is 4.31. The van der Waals surface area contributed by atoms with Crippen LogP contribution >= 0.6 is 0 Å². The molecule has 0 aliphatic heterocycles. The van der Waals surface area contributed by atoms with Crippen LogP contribution in [0.3, 0.4) is 0 Å². The number of carbonyl (C=O) groups is 2. The van der Waals surface area contributed by atoms with Crippen molar-refractivity contribution in [3.63, 3.8) is 0 Å². The van der Waals surface area contributed by atoms with Crippen molar-refractivity contribution in [3.05, 3.63) is 70.8 Å². The minimum absolute atomic E-state index is 0.557. The summed E-state index contributed by atoms with van der Waals surface area (Å²) in [4.78, 5) is 24.5. The predicted octanol–water partition coefficient (Wildman–Crippen LogP) is 1.87. The molecule has 1 aliphatic rings. The molecule has 5 nitrogen and oxygen atoms in total. The van der Waals surface area contributed by atoms with Gasteiger partial charge in [-0.3, -0.25) is 0 Å². The van der Waals surface area contributed by atoms with Crippen LogP contribution in [0.25, 0.3) is 0 Å². The van der Waals surface area contributed by atoms with E-state index in [1.54, 1.807) is 0 Å². The summed E-state index contributed by atoms with van der Waals surface area (Å²) in [7, 11) is 1.31. The molecule has 3 rings (SSSR count). The lowest BCUT2D eigenvalue weighted by Gasteiger charge is -2.33. The first-order chi connectivity index (χ1) is 11.1. The van der Waals surface area contributed by atoms with E-state index in [1.807, 2.05) is 48.5 Å². The fraction of sp³-hybridized carbons (Fsp3) is 0.222. The molecule has 0 spiro atoms. The van der Waals surface area contributed by atoms with Gasteiger partial charge in [-0.25, -0.2) is 9.59 Å². The van der Waals surface area contributed by atoms with Crippen molar-refractivity contribution in [1.29, 1.82) is 0 Å². The second-order valence-electron chi connectivity index (χ2n) is 5.55. The lowest BCUT2D eigenvalue weighted by Crippen LogP contribution is -2.55. The van der Waals surface area contributed by atoms with E-state index in [1.165, 1.54) is 7.11 Å². The largest absolute Gasteiger partial charge is 0.467 e. The number of carbonyl (C=O) groups excluding carboxylic acids is 2. The molecule has 23 heavy (non-hydrogen) atoms. The molecule has 0 radical (unpaired) electrons. The Labute approximate surface area is 134 Å². The van der Waals surface area contributed by atoms with Crippen LogP contribution in [0.2, 0.25) is 0 Å². The molecule has 0 unspecified atom stereocenters. The molecule has 0 atom stereocenters. The quantitative estimate of drug-likeness (QED) is 0.831. The van der Waals surface area contributed by atoms with E-state index in [-0.39, 0.29) is 0 Å². The van der Waals surface area contributed by atoms with Gasteiger partial charge in [0.25, 0.3) is 0 Å². The maximum atomic E-state index is 12.8. The van der Waals surface area contributed by atoms with E-state index < -0.39 is 17.5 Å². The van der Waals surface area contributed by atoms with Gasteiger partial charge in [0, 0.05) is 0 Å². The first kappa shape index (κ1) is 15.1. The number of nitrogens with two attached hydrogens (primary N) is 1. The second-order valence-corrected chi connectivity index (χ2v) is 5.55. The van der Waals surface area contributed by atoms with Crippen molar-refractivity contribution in [2.75, 3.05) is 7.11 Å². The lowest BCUT2D eigenvalue weighted by molar-refractivity contribution is -0.146. The molecule has 0 saturated heterocycles. The summed E-state index contributed by atoms with van der Waals surface area (Å²) in [6, 6.07) is 14.3. The van der Waals surface area contributed by atoms with Crippen molar-refractivity contribution in [1.82, 2.24) is 5.32 Å². The highest BCUT2D eigenvalue weighted by Gasteiger charge is 2.48. The Hall–Kier alpha value is -2.82. The van der Waals surface area contributed by atoms with Gasteiger partial charge < -0.3 is 15.8 Å². The average molecular weight is 310 g/mol. The summed E-state index contributed by atoms with van der Waals surface area (Å²) >= 11 is 0. The highest BCUT2D eigenvalue weighted by molar-refractivity contribution is 5.93. The van der Waals surface area contributed by atoms with Crippen LogP contribution in [0.15, 0.2) is 48.5 Å². The van der Waals surface area contributed by atoms with E-state index >= 15 is 0 Å². The van der Waals surface area contributed by atoms with Crippen LogP contribution < -0.4 is 11.1 Å². The van der Waals surface area contributed by atoms with E-state index in [9.17, 15) is 9.59 Å². The Bertz CT molecular complexity index is 723. The number of hydrogen-bond acceptors (Lipinski definition) is 3. The number of nitrogens with one attached hydrogen (secondary N) is 1. The number of benzene rings is 2. The standard InChI is InChI=1S/C18H18N2O3/c1-23-16(21)18(20-17(19)22)14-8-4-2-6-12(14)10-11-13-7-3-5-9-15(13)18/h2-9H,10-11H2,1H3,(H3,19,20,22). The molecule has 0 fully saturated rings. The highest BCUT2D eigenvalue weighted by Crippen LogP contribution is 2.38. The molecular formula is C18H18N2O3. The molecule has 0 aromatic heterocycles. The van der Waals surface area contributed by atoms with Crippen molar-refractivity contribution in [2.45, 2.75) is 18.4 Å². The van der Waals surface area contributed by atoms with Crippen molar-refractivity contribution in [2.24, 2.45) is 5.73 Å². The van der Waals surface area contributed by atoms with Crippen molar-refractivity contribution in [3.8, 4) is 0 Å². The normalized spacial score (nSPS) is 14.8. The van der Waals surface area contributed by atoms with Crippen LogP contribution in [0.1, 0.15) is 22.3 Å². The van der Waals surface area contributed by atoms with E-state index in [0.717, 1.165) is 24.0 Å². The monoisotopic (exact) mass is 310 g/mol. The first-order valence-electron chi connectivity index (χ1n) is 7.42. The van der Waals surface area contributed by atoms with Gasteiger partial charge in [0.05, 0.1) is 7.11 Å². The fourth-order valence-corrected chi connectivity index (χ4v) is 3.37. The number of urea groups is 1. The number of amides is 2. The molecule has 2 aromatic rings. The van der Waals surface area contributed by atoms with Crippen LogP contribution in [0.5, 0.6) is 0 Å². The fourth-order valence-electron chi connectivity index (χ4n) is 3.37. The maximum absolute atomic E-state index is 12.8. The van der Waals surface area contributed by atoms with Gasteiger partial charge in [-0.15, -0.1) is 0 Å². The van der Waals surface area contributed by atoms with Crippen LogP contribution in [0.4, 0.5) is 4.79 Å². The molecule has 5 heteroatoms. The maximum Gasteiger partial charge on any atom is 0.341 e. The minimum atomic E-state index is -1.43. The highest BCUT2D eigenvalue weighted by atomic mass is 16.5.